The summed E-state index contributed by atoms with van der Waals surface area (Å²) < 4.78 is 1.54. The Morgan fingerprint density at radius 2 is 1.13 bits per heavy atom. The Labute approximate surface area is 207 Å². The molecule has 0 nitrogen and oxygen atoms in total. The van der Waals surface area contributed by atoms with Gasteiger partial charge in [-0.3, -0.25) is 0 Å². The van der Waals surface area contributed by atoms with Crippen molar-refractivity contribution in [1.29, 1.82) is 0 Å². The first-order chi connectivity index (χ1) is 13.4. The first-order valence-corrected chi connectivity index (χ1v) is 16.7. The maximum atomic E-state index is 2.65. The van der Waals surface area contributed by atoms with Crippen LogP contribution in [0.5, 0.6) is 0 Å². The van der Waals surface area contributed by atoms with Crippen molar-refractivity contribution in [3.8, 4) is 0 Å². The van der Waals surface area contributed by atoms with Crippen LogP contribution in [0.4, 0.5) is 0 Å². The monoisotopic (exact) mass is 530 g/mol. The normalized spacial score (nSPS) is 22.1. The third kappa shape index (κ3) is 3.08. The summed E-state index contributed by atoms with van der Waals surface area (Å²) in [7, 11) is -1.79. The van der Waals surface area contributed by atoms with E-state index in [-0.39, 0.29) is 24.8 Å². The number of rotatable bonds is 2. The summed E-state index contributed by atoms with van der Waals surface area (Å²) in [5, 5.41) is 3.61. The van der Waals surface area contributed by atoms with Crippen molar-refractivity contribution in [3.05, 3.63) is 80.9 Å². The van der Waals surface area contributed by atoms with Gasteiger partial charge in [-0.25, -0.2) is 0 Å². The minimum atomic E-state index is -1.79. The number of hydrogen-bond acceptors (Lipinski definition) is 0. The molecule has 3 aliphatic rings. The number of fused-ring (bicyclic) bond motifs is 8. The predicted molar refractivity (Wildman–Crippen MR) is 120 cm³/mol. The van der Waals surface area contributed by atoms with Crippen LogP contribution in [-0.2, 0) is 36.1 Å². The first-order valence-electron chi connectivity index (χ1n) is 10.8. The van der Waals surface area contributed by atoms with Crippen LogP contribution in [0, 0.1) is 0 Å². The van der Waals surface area contributed by atoms with Crippen molar-refractivity contribution in [1.82, 2.24) is 0 Å². The fourth-order valence-electron chi connectivity index (χ4n) is 6.40. The van der Waals surface area contributed by atoms with Gasteiger partial charge in [0.05, 0.1) is 0 Å². The van der Waals surface area contributed by atoms with Gasteiger partial charge in [-0.05, 0) is 0 Å². The average molecular weight is 533 g/mol. The zero-order valence-corrected chi connectivity index (χ0v) is 23.8. The summed E-state index contributed by atoms with van der Waals surface area (Å²) in [6.07, 6.45) is 2.31. The zero-order chi connectivity index (χ0) is 19.8. The minimum Gasteiger partial charge on any atom is -1.00 e. The first kappa shape index (κ1) is 24.2. The van der Waals surface area contributed by atoms with Gasteiger partial charge >= 0.3 is 184 Å². The van der Waals surface area contributed by atoms with Crippen LogP contribution in [0.2, 0.25) is 13.1 Å². The smallest absolute Gasteiger partial charge is 1.00 e. The quantitative estimate of drug-likeness (QED) is 0.508. The molecule has 0 aromatic heterocycles. The summed E-state index contributed by atoms with van der Waals surface area (Å²) in [6.45, 7) is 15.0. The van der Waals surface area contributed by atoms with Gasteiger partial charge in [0.25, 0.3) is 0 Å². The van der Waals surface area contributed by atoms with E-state index in [2.05, 4.69) is 77.2 Å². The van der Waals surface area contributed by atoms with Crippen LogP contribution >= 0.6 is 0 Å². The molecule has 4 bridgehead atoms. The largest absolute Gasteiger partial charge is 1.00 e. The van der Waals surface area contributed by atoms with Gasteiger partial charge in [0.15, 0.2) is 0 Å². The van der Waals surface area contributed by atoms with Crippen molar-refractivity contribution in [2.45, 2.75) is 60.9 Å². The molecule has 2 aromatic carbocycles. The van der Waals surface area contributed by atoms with E-state index in [0.717, 1.165) is 20.1 Å². The molecule has 0 spiro atoms. The van der Waals surface area contributed by atoms with Crippen molar-refractivity contribution in [2.24, 2.45) is 0 Å². The van der Waals surface area contributed by atoms with Crippen LogP contribution in [0.3, 0.4) is 0 Å². The van der Waals surface area contributed by atoms with E-state index in [0.29, 0.717) is 0 Å². The molecule has 4 heteroatoms. The molecule has 5 rings (SSSR count). The second-order valence-corrected chi connectivity index (χ2v) is 17.2. The molecule has 30 heavy (non-hydrogen) atoms. The predicted octanol–water partition coefficient (Wildman–Crippen LogP) is 1.06. The fraction of sp³-hybridized carbons (Fsp3) is 0.385. The van der Waals surface area contributed by atoms with E-state index in [1.165, 1.54) is 0 Å². The minimum absolute atomic E-state index is 0. The molecule has 2 aliphatic carbocycles. The number of benzene rings is 2. The van der Waals surface area contributed by atoms with Crippen LogP contribution in [0.1, 0.15) is 68.3 Å². The van der Waals surface area contributed by atoms with Crippen molar-refractivity contribution >= 4 is 18.5 Å². The third-order valence-electron chi connectivity index (χ3n) is 7.49. The van der Waals surface area contributed by atoms with Crippen LogP contribution < -0.4 is 24.8 Å². The van der Waals surface area contributed by atoms with E-state index >= 15 is 0 Å². The van der Waals surface area contributed by atoms with Crippen molar-refractivity contribution < 1.29 is 48.0 Å². The topological polar surface area (TPSA) is 0 Å². The standard InChI is InChI=1S/C26H30Si.2ClH.Zr/c1-7-19-11-9-13-21-15-17(3)25(23(19)21)27(5,6)26-18(4)16-22-14-10-12-20(8-2)24(22)26;;;/h9-16H,7-8H2,1-6H3;2*1H;/q;;;+2/p-2. The second-order valence-electron chi connectivity index (χ2n) is 9.24. The molecule has 0 N–H and O–H groups in total. The molecule has 0 saturated heterocycles. The summed E-state index contributed by atoms with van der Waals surface area (Å²) in [4.78, 5) is 0. The molecular formula is C26H30Cl2SiZr. The molecule has 2 unspecified atom stereocenters. The van der Waals surface area contributed by atoms with E-state index in [1.807, 2.05) is 0 Å². The Balaban J connectivity index is 0.00000128. The summed E-state index contributed by atoms with van der Waals surface area (Å²) in [6, 6.07) is 14.4. The molecule has 1 aliphatic heterocycles. The third-order valence-corrected chi connectivity index (χ3v) is 16.6. The van der Waals surface area contributed by atoms with Gasteiger partial charge in [-0.15, -0.1) is 0 Å². The molecule has 156 valence electrons. The Bertz CT molecular complexity index is 997. The Kier molecular flexibility index (Phi) is 6.88. The van der Waals surface area contributed by atoms with Crippen LogP contribution in [-0.4, -0.2) is 8.07 Å². The van der Waals surface area contributed by atoms with E-state index in [4.69, 9.17) is 0 Å². The Hall–Kier alpha value is -0.400. The van der Waals surface area contributed by atoms with Gasteiger partial charge in [0.2, 0.25) is 0 Å². The van der Waals surface area contributed by atoms with Crippen LogP contribution in [0.15, 0.2) is 47.5 Å². The number of allylic oxidation sites excluding steroid dienone is 2. The summed E-state index contributed by atoms with van der Waals surface area (Å²) in [5.74, 6) is 0. The Morgan fingerprint density at radius 1 is 0.733 bits per heavy atom. The van der Waals surface area contributed by atoms with Gasteiger partial charge in [-0.1, -0.05) is 0 Å². The number of hydrogen-bond donors (Lipinski definition) is 0. The maximum absolute atomic E-state index is 2.65. The summed E-state index contributed by atoms with van der Waals surface area (Å²) >= 11 is -0.694. The molecule has 2 aromatic rings. The van der Waals surface area contributed by atoms with E-state index in [9.17, 15) is 0 Å². The average Bonchev–Trinajstić information content (AvgIpc) is 3.15. The zero-order valence-electron chi connectivity index (χ0n) is 18.8. The SMILES string of the molecule is CCc1cccc2c1C1=C(C)[CH]2[Zr+2][CH]2C(C)=C(c3c(CC)cccc32)[Si]1(C)C.[Cl-].[Cl-]. The van der Waals surface area contributed by atoms with Gasteiger partial charge < -0.3 is 24.8 Å². The molecule has 0 fully saturated rings. The molecule has 1 heterocycles. The van der Waals surface area contributed by atoms with E-state index < -0.39 is 31.3 Å². The van der Waals surface area contributed by atoms with E-state index in [1.54, 1.807) is 54.9 Å². The maximum Gasteiger partial charge on any atom is -1.00 e. The fourth-order valence-corrected chi connectivity index (χ4v) is 16.3. The van der Waals surface area contributed by atoms with Crippen LogP contribution in [0.25, 0.3) is 10.4 Å². The molecule has 0 radical (unpaired) electrons. The number of aryl methyl sites for hydroxylation is 2. The number of halogens is 2. The molecule has 0 amide bonds. The second kappa shape index (κ2) is 8.51. The molecule has 0 saturated carbocycles. The van der Waals surface area contributed by atoms with Crippen molar-refractivity contribution in [2.75, 3.05) is 0 Å². The summed E-state index contributed by atoms with van der Waals surface area (Å²) in [5.41, 5.74) is 13.5. The molecular weight excluding hydrogens is 503 g/mol. The van der Waals surface area contributed by atoms with Gasteiger partial charge in [0, 0.05) is 0 Å². The van der Waals surface area contributed by atoms with Gasteiger partial charge in [-0.2, -0.15) is 0 Å². The Morgan fingerprint density at radius 3 is 1.50 bits per heavy atom. The van der Waals surface area contributed by atoms with Crippen molar-refractivity contribution in [3.63, 3.8) is 0 Å². The molecule has 2 atom stereocenters. The van der Waals surface area contributed by atoms with Gasteiger partial charge in [0.1, 0.15) is 0 Å².